The van der Waals surface area contributed by atoms with Gasteiger partial charge >= 0.3 is 12.1 Å². The Morgan fingerprint density at radius 2 is 2.07 bits per heavy atom. The van der Waals surface area contributed by atoms with Crippen LogP contribution in [0.15, 0.2) is 24.3 Å². The molecule has 0 bridgehead atoms. The van der Waals surface area contributed by atoms with E-state index in [4.69, 9.17) is 4.74 Å². The van der Waals surface area contributed by atoms with Gasteiger partial charge in [0.05, 0.1) is 30.2 Å². The predicted molar refractivity (Wildman–Crippen MR) is 103 cm³/mol. The molecule has 3 amide bonds. The number of ether oxygens (including phenoxy) is 1. The monoisotopic (exact) mass is 371 g/mol. The van der Waals surface area contributed by atoms with Crippen LogP contribution in [0, 0.1) is 13.8 Å². The minimum Gasteiger partial charge on any atom is -0.447 e. The van der Waals surface area contributed by atoms with E-state index in [9.17, 15) is 9.59 Å². The summed E-state index contributed by atoms with van der Waals surface area (Å²) in [6.45, 7) is 8.03. The number of para-hydroxylation sites is 2. The molecule has 144 valence electrons. The van der Waals surface area contributed by atoms with Gasteiger partial charge in [-0.05, 0) is 38.0 Å². The van der Waals surface area contributed by atoms with Crippen molar-refractivity contribution in [2.24, 2.45) is 0 Å². The largest absolute Gasteiger partial charge is 0.447 e. The highest BCUT2D eigenvalue weighted by Crippen LogP contribution is 2.27. The summed E-state index contributed by atoms with van der Waals surface area (Å²) in [5, 5.41) is 10.2. The lowest BCUT2D eigenvalue weighted by Crippen LogP contribution is -2.33. The van der Waals surface area contributed by atoms with E-state index in [1.807, 2.05) is 30.7 Å². The number of anilines is 2. The fraction of sp³-hybridized carbons (Fsp3) is 0.421. The number of aromatic nitrogens is 2. The molecule has 3 rings (SSSR count). The zero-order chi connectivity index (χ0) is 19.4. The van der Waals surface area contributed by atoms with Crippen LogP contribution in [0.1, 0.15) is 23.9 Å². The summed E-state index contributed by atoms with van der Waals surface area (Å²) in [6, 6.07) is 6.84. The van der Waals surface area contributed by atoms with E-state index in [0.29, 0.717) is 37.6 Å². The smallest absolute Gasteiger partial charge is 0.414 e. The number of amides is 3. The van der Waals surface area contributed by atoms with Crippen molar-refractivity contribution < 1.29 is 14.3 Å². The SMILES string of the molecule is CCc1c(C)nn(CCNC(=O)Nc2ccccc2N2CCOC2=O)c1C. The van der Waals surface area contributed by atoms with E-state index in [0.717, 1.165) is 17.8 Å². The lowest BCUT2D eigenvalue weighted by atomic mass is 10.1. The molecule has 1 fully saturated rings. The molecule has 1 aliphatic heterocycles. The first-order valence-corrected chi connectivity index (χ1v) is 9.12. The fourth-order valence-electron chi connectivity index (χ4n) is 3.33. The van der Waals surface area contributed by atoms with Crippen LogP contribution < -0.4 is 15.5 Å². The standard InChI is InChI=1S/C19H25N5O3/c1-4-15-13(2)22-24(14(15)3)10-9-20-18(25)21-16-7-5-6-8-17(16)23-11-12-27-19(23)26/h5-8H,4,9-12H2,1-3H3,(H2,20,21,25). The number of aryl methyl sites for hydroxylation is 1. The van der Waals surface area contributed by atoms with Crippen molar-refractivity contribution >= 4 is 23.5 Å². The van der Waals surface area contributed by atoms with Gasteiger partial charge in [0.25, 0.3) is 0 Å². The van der Waals surface area contributed by atoms with Gasteiger partial charge in [0, 0.05) is 12.2 Å². The second-order valence-corrected chi connectivity index (χ2v) is 6.39. The summed E-state index contributed by atoms with van der Waals surface area (Å²) >= 11 is 0. The van der Waals surface area contributed by atoms with Crippen LogP contribution in [0.4, 0.5) is 21.0 Å². The molecule has 2 heterocycles. The summed E-state index contributed by atoms with van der Waals surface area (Å²) in [7, 11) is 0. The number of nitrogens with zero attached hydrogens (tertiary/aromatic N) is 3. The van der Waals surface area contributed by atoms with Crippen molar-refractivity contribution in [2.45, 2.75) is 33.7 Å². The van der Waals surface area contributed by atoms with E-state index < -0.39 is 6.09 Å². The Morgan fingerprint density at radius 1 is 1.30 bits per heavy atom. The number of urea groups is 1. The van der Waals surface area contributed by atoms with Crippen molar-refractivity contribution in [3.05, 3.63) is 41.2 Å². The second-order valence-electron chi connectivity index (χ2n) is 6.39. The molecule has 27 heavy (non-hydrogen) atoms. The molecule has 2 aromatic rings. The van der Waals surface area contributed by atoms with E-state index in [1.165, 1.54) is 10.5 Å². The highest BCUT2D eigenvalue weighted by Gasteiger charge is 2.25. The first-order valence-electron chi connectivity index (χ1n) is 9.12. The average Bonchev–Trinajstić information content (AvgIpc) is 3.18. The Labute approximate surface area is 158 Å². The summed E-state index contributed by atoms with van der Waals surface area (Å²) in [5.74, 6) is 0. The van der Waals surface area contributed by atoms with Gasteiger partial charge in [-0.15, -0.1) is 0 Å². The number of carbonyl (C=O) groups is 2. The van der Waals surface area contributed by atoms with Gasteiger partial charge in [-0.25, -0.2) is 9.59 Å². The first kappa shape index (κ1) is 18.8. The number of benzene rings is 1. The molecule has 1 aromatic heterocycles. The van der Waals surface area contributed by atoms with Crippen molar-refractivity contribution in [1.82, 2.24) is 15.1 Å². The minimum absolute atomic E-state index is 0.327. The van der Waals surface area contributed by atoms with Gasteiger partial charge in [0.1, 0.15) is 6.61 Å². The van der Waals surface area contributed by atoms with E-state index in [2.05, 4.69) is 22.7 Å². The molecule has 8 heteroatoms. The third-order valence-electron chi connectivity index (χ3n) is 4.70. The molecule has 0 aliphatic carbocycles. The Balaban J connectivity index is 1.58. The molecule has 0 spiro atoms. The van der Waals surface area contributed by atoms with Gasteiger partial charge in [-0.1, -0.05) is 19.1 Å². The van der Waals surface area contributed by atoms with Crippen LogP contribution in [-0.2, 0) is 17.7 Å². The van der Waals surface area contributed by atoms with Crippen LogP contribution >= 0.6 is 0 Å². The first-order chi connectivity index (χ1) is 13.0. The number of cyclic esters (lactones) is 1. The fourth-order valence-corrected chi connectivity index (χ4v) is 3.33. The number of hydrogen-bond acceptors (Lipinski definition) is 4. The average molecular weight is 371 g/mol. The Bertz CT molecular complexity index is 846. The maximum Gasteiger partial charge on any atom is 0.414 e. The highest BCUT2D eigenvalue weighted by molar-refractivity contribution is 5.98. The van der Waals surface area contributed by atoms with Crippen LogP contribution in [0.25, 0.3) is 0 Å². The predicted octanol–water partition coefficient (Wildman–Crippen LogP) is 2.84. The topological polar surface area (TPSA) is 88.5 Å². The van der Waals surface area contributed by atoms with Crippen molar-refractivity contribution in [2.75, 3.05) is 29.9 Å². The second kappa shape index (κ2) is 8.11. The van der Waals surface area contributed by atoms with Gasteiger partial charge in [0.15, 0.2) is 0 Å². The number of rotatable bonds is 6. The van der Waals surface area contributed by atoms with Crippen molar-refractivity contribution in [1.29, 1.82) is 0 Å². The van der Waals surface area contributed by atoms with Crippen molar-refractivity contribution in [3.8, 4) is 0 Å². The molecule has 0 radical (unpaired) electrons. The van der Waals surface area contributed by atoms with E-state index >= 15 is 0 Å². The molecular weight excluding hydrogens is 346 g/mol. The quantitative estimate of drug-likeness (QED) is 0.817. The molecule has 1 saturated heterocycles. The van der Waals surface area contributed by atoms with Gasteiger partial charge in [-0.3, -0.25) is 9.58 Å². The summed E-state index contributed by atoms with van der Waals surface area (Å²) in [4.78, 5) is 25.6. The molecule has 8 nitrogen and oxygen atoms in total. The summed E-state index contributed by atoms with van der Waals surface area (Å²) in [6.07, 6.45) is 0.544. The number of carbonyl (C=O) groups excluding carboxylic acids is 2. The van der Waals surface area contributed by atoms with Crippen molar-refractivity contribution in [3.63, 3.8) is 0 Å². The molecule has 1 aliphatic rings. The summed E-state index contributed by atoms with van der Waals surface area (Å²) < 4.78 is 6.89. The molecule has 0 unspecified atom stereocenters. The summed E-state index contributed by atoms with van der Waals surface area (Å²) in [5.41, 5.74) is 4.61. The van der Waals surface area contributed by atoms with E-state index in [1.54, 1.807) is 12.1 Å². The zero-order valence-electron chi connectivity index (χ0n) is 15.9. The Kier molecular flexibility index (Phi) is 5.63. The lowest BCUT2D eigenvalue weighted by molar-refractivity contribution is 0.181. The lowest BCUT2D eigenvalue weighted by Gasteiger charge is -2.18. The molecule has 0 saturated carbocycles. The van der Waals surface area contributed by atoms with E-state index in [-0.39, 0.29) is 6.03 Å². The maximum absolute atomic E-state index is 12.3. The molecule has 2 N–H and O–H groups in total. The molecular formula is C19H25N5O3. The highest BCUT2D eigenvalue weighted by atomic mass is 16.6. The van der Waals surface area contributed by atoms with Crippen LogP contribution in [-0.4, -0.2) is 41.6 Å². The zero-order valence-corrected chi connectivity index (χ0v) is 15.9. The third-order valence-corrected chi connectivity index (χ3v) is 4.70. The maximum atomic E-state index is 12.3. The molecule has 1 aromatic carbocycles. The van der Waals surface area contributed by atoms with Gasteiger partial charge in [-0.2, -0.15) is 5.10 Å². The Morgan fingerprint density at radius 3 is 2.74 bits per heavy atom. The Hall–Kier alpha value is -3.03. The van der Waals surface area contributed by atoms with Crippen LogP contribution in [0.3, 0.4) is 0 Å². The molecule has 0 atom stereocenters. The van der Waals surface area contributed by atoms with Gasteiger partial charge < -0.3 is 15.4 Å². The number of hydrogen-bond donors (Lipinski definition) is 2. The van der Waals surface area contributed by atoms with Gasteiger partial charge in [0.2, 0.25) is 0 Å². The number of nitrogens with one attached hydrogen (secondary N) is 2. The normalized spacial score (nSPS) is 13.6. The minimum atomic E-state index is -0.402. The third kappa shape index (κ3) is 4.05. The van der Waals surface area contributed by atoms with Crippen LogP contribution in [0.2, 0.25) is 0 Å². The van der Waals surface area contributed by atoms with Crippen LogP contribution in [0.5, 0.6) is 0 Å².